The zero-order chi connectivity index (χ0) is 16.6. The van der Waals surface area contributed by atoms with E-state index in [1.165, 1.54) is 6.07 Å². The van der Waals surface area contributed by atoms with Crippen LogP contribution in [0.1, 0.15) is 10.5 Å². The molecule has 0 atom stereocenters. The van der Waals surface area contributed by atoms with Gasteiger partial charge in [-0.25, -0.2) is 13.8 Å². The number of oxazole rings is 1. The molecule has 1 aromatic heterocycles. The number of hydrogen-bond donors (Lipinski definition) is 2. The number of hydrogen-bond acceptors (Lipinski definition) is 4. The molecule has 4 N–H and O–H groups in total. The predicted molar refractivity (Wildman–Crippen MR) is 80.2 cm³/mol. The van der Waals surface area contributed by atoms with Gasteiger partial charge in [-0.15, -0.1) is 0 Å². The van der Waals surface area contributed by atoms with E-state index in [-0.39, 0.29) is 17.3 Å². The van der Waals surface area contributed by atoms with Crippen molar-refractivity contribution in [2.75, 3.05) is 5.73 Å². The minimum atomic E-state index is -0.872. The highest BCUT2D eigenvalue weighted by Crippen LogP contribution is 2.32. The highest BCUT2D eigenvalue weighted by molar-refractivity contribution is 5.97. The Hall–Kier alpha value is -3.22. The van der Waals surface area contributed by atoms with Crippen LogP contribution in [-0.4, -0.2) is 10.9 Å². The number of nitrogens with zero attached hydrogens (tertiary/aromatic N) is 1. The molecule has 23 heavy (non-hydrogen) atoms. The van der Waals surface area contributed by atoms with Crippen molar-refractivity contribution in [1.29, 1.82) is 0 Å². The van der Waals surface area contributed by atoms with Crippen molar-refractivity contribution in [3.63, 3.8) is 0 Å². The fraction of sp³-hybridized carbons (Fsp3) is 0. The largest absolute Gasteiger partial charge is 0.435 e. The van der Waals surface area contributed by atoms with Gasteiger partial charge in [0.2, 0.25) is 5.89 Å². The summed E-state index contributed by atoms with van der Waals surface area (Å²) in [6, 6.07) is 9.70. The molecule has 116 valence electrons. The van der Waals surface area contributed by atoms with Gasteiger partial charge in [-0.2, -0.15) is 0 Å². The Morgan fingerprint density at radius 1 is 1.04 bits per heavy atom. The molecule has 0 aliphatic heterocycles. The zero-order valence-electron chi connectivity index (χ0n) is 11.7. The normalized spacial score (nSPS) is 10.7. The van der Waals surface area contributed by atoms with Crippen molar-refractivity contribution >= 4 is 11.6 Å². The van der Waals surface area contributed by atoms with E-state index in [0.717, 1.165) is 12.1 Å². The predicted octanol–water partition coefficient (Wildman–Crippen LogP) is 2.97. The van der Waals surface area contributed by atoms with Crippen LogP contribution in [0.5, 0.6) is 0 Å². The molecule has 3 aromatic rings. The highest BCUT2D eigenvalue weighted by atomic mass is 19.1. The molecular weight excluding hydrogens is 304 g/mol. The number of amides is 1. The SMILES string of the molecule is NC(=O)c1nc(-c2c(F)cccc2F)oc1-c1ccc(N)cc1. The zero-order valence-corrected chi connectivity index (χ0v) is 11.7. The lowest BCUT2D eigenvalue weighted by Crippen LogP contribution is -2.12. The number of halogens is 2. The van der Waals surface area contributed by atoms with Gasteiger partial charge < -0.3 is 15.9 Å². The molecule has 3 rings (SSSR count). The number of benzene rings is 2. The molecule has 0 fully saturated rings. The number of rotatable bonds is 3. The topological polar surface area (TPSA) is 95.1 Å². The molecule has 5 nitrogen and oxygen atoms in total. The summed E-state index contributed by atoms with van der Waals surface area (Å²) in [5.74, 6) is -2.92. The summed E-state index contributed by atoms with van der Waals surface area (Å²) in [5.41, 5.74) is 11.2. The second kappa shape index (κ2) is 5.53. The van der Waals surface area contributed by atoms with E-state index in [1.807, 2.05) is 0 Å². The Labute approximate surface area is 129 Å². The fourth-order valence-electron chi connectivity index (χ4n) is 2.13. The van der Waals surface area contributed by atoms with Crippen molar-refractivity contribution in [3.05, 3.63) is 59.8 Å². The first-order valence-electron chi connectivity index (χ1n) is 6.58. The molecule has 0 bridgehead atoms. The molecule has 1 amide bonds. The van der Waals surface area contributed by atoms with Crippen LogP contribution in [0.3, 0.4) is 0 Å². The summed E-state index contributed by atoms with van der Waals surface area (Å²) >= 11 is 0. The van der Waals surface area contributed by atoms with Crippen LogP contribution in [0, 0.1) is 11.6 Å². The van der Waals surface area contributed by atoms with E-state index < -0.39 is 23.1 Å². The average Bonchev–Trinajstić information content (AvgIpc) is 2.93. The molecule has 0 saturated heterocycles. The standard InChI is InChI=1S/C16H11F2N3O2/c17-10-2-1-3-11(18)12(10)16-21-13(15(20)22)14(23-16)8-4-6-9(19)7-5-8/h1-7H,19H2,(H2,20,22). The van der Waals surface area contributed by atoms with Crippen molar-refractivity contribution in [2.24, 2.45) is 5.73 Å². The Morgan fingerprint density at radius 2 is 1.65 bits per heavy atom. The number of carbonyl (C=O) groups excluding carboxylic acids is 1. The Kier molecular flexibility index (Phi) is 3.53. The summed E-state index contributed by atoms with van der Waals surface area (Å²) in [6.07, 6.45) is 0. The quantitative estimate of drug-likeness (QED) is 0.726. The van der Waals surface area contributed by atoms with Gasteiger partial charge >= 0.3 is 0 Å². The fourth-order valence-corrected chi connectivity index (χ4v) is 2.13. The summed E-state index contributed by atoms with van der Waals surface area (Å²) in [4.78, 5) is 15.4. The number of carbonyl (C=O) groups is 1. The van der Waals surface area contributed by atoms with E-state index in [2.05, 4.69) is 4.98 Å². The smallest absolute Gasteiger partial charge is 0.271 e. The maximum Gasteiger partial charge on any atom is 0.271 e. The van der Waals surface area contributed by atoms with Crippen LogP contribution < -0.4 is 11.5 Å². The van der Waals surface area contributed by atoms with Crippen LogP contribution in [0.15, 0.2) is 46.9 Å². The first-order chi connectivity index (χ1) is 11.0. The maximum absolute atomic E-state index is 13.9. The van der Waals surface area contributed by atoms with E-state index in [1.54, 1.807) is 24.3 Å². The molecule has 0 saturated carbocycles. The number of nitrogen functional groups attached to an aromatic ring is 1. The van der Waals surface area contributed by atoms with Gasteiger partial charge in [-0.05, 0) is 36.4 Å². The number of anilines is 1. The molecular formula is C16H11F2N3O2. The van der Waals surface area contributed by atoms with Gasteiger partial charge in [0, 0.05) is 11.3 Å². The number of aromatic nitrogens is 1. The molecule has 0 radical (unpaired) electrons. The third kappa shape index (κ3) is 2.64. The Bertz CT molecular complexity index is 869. The lowest BCUT2D eigenvalue weighted by Gasteiger charge is -2.00. The van der Waals surface area contributed by atoms with Crippen molar-refractivity contribution in [2.45, 2.75) is 0 Å². The minimum Gasteiger partial charge on any atom is -0.435 e. The van der Waals surface area contributed by atoms with Gasteiger partial charge in [0.15, 0.2) is 11.5 Å². The Balaban J connectivity index is 2.20. The number of nitrogens with two attached hydrogens (primary N) is 2. The average molecular weight is 315 g/mol. The molecule has 0 aliphatic rings. The molecule has 0 spiro atoms. The van der Waals surface area contributed by atoms with Crippen molar-refractivity contribution in [1.82, 2.24) is 4.98 Å². The minimum absolute atomic E-state index is 0.0233. The van der Waals surface area contributed by atoms with Crippen molar-refractivity contribution < 1.29 is 18.0 Å². The lowest BCUT2D eigenvalue weighted by atomic mass is 10.1. The number of primary amides is 1. The first-order valence-corrected chi connectivity index (χ1v) is 6.58. The lowest BCUT2D eigenvalue weighted by molar-refractivity contribution is 0.0996. The summed E-state index contributed by atoms with van der Waals surface area (Å²) in [5, 5.41) is 0. The van der Waals surface area contributed by atoms with Crippen LogP contribution >= 0.6 is 0 Å². The monoisotopic (exact) mass is 315 g/mol. The van der Waals surface area contributed by atoms with Crippen LogP contribution in [-0.2, 0) is 0 Å². The van der Waals surface area contributed by atoms with Crippen LogP contribution in [0.2, 0.25) is 0 Å². The van der Waals surface area contributed by atoms with Gasteiger partial charge in [0.05, 0.1) is 0 Å². The van der Waals surface area contributed by atoms with E-state index in [0.29, 0.717) is 11.3 Å². The van der Waals surface area contributed by atoms with Gasteiger partial charge in [-0.1, -0.05) is 6.07 Å². The second-order valence-electron chi connectivity index (χ2n) is 4.78. The summed E-state index contributed by atoms with van der Waals surface area (Å²) in [6.45, 7) is 0. The molecule has 0 unspecified atom stereocenters. The van der Waals surface area contributed by atoms with E-state index in [9.17, 15) is 13.6 Å². The van der Waals surface area contributed by atoms with Gasteiger partial charge in [-0.3, -0.25) is 4.79 Å². The molecule has 7 heteroatoms. The van der Waals surface area contributed by atoms with Crippen molar-refractivity contribution in [3.8, 4) is 22.8 Å². The Morgan fingerprint density at radius 3 is 2.22 bits per heavy atom. The highest BCUT2D eigenvalue weighted by Gasteiger charge is 2.23. The van der Waals surface area contributed by atoms with Gasteiger partial charge in [0.1, 0.15) is 17.2 Å². The molecule has 0 aliphatic carbocycles. The van der Waals surface area contributed by atoms with Gasteiger partial charge in [0.25, 0.3) is 5.91 Å². The first kappa shape index (κ1) is 14.7. The molecule has 1 heterocycles. The second-order valence-corrected chi connectivity index (χ2v) is 4.78. The van der Waals surface area contributed by atoms with E-state index >= 15 is 0 Å². The summed E-state index contributed by atoms with van der Waals surface area (Å²) < 4.78 is 33.1. The molecule has 2 aromatic carbocycles. The van der Waals surface area contributed by atoms with Crippen LogP contribution in [0.4, 0.5) is 14.5 Å². The third-order valence-electron chi connectivity index (χ3n) is 3.21. The van der Waals surface area contributed by atoms with Crippen LogP contribution in [0.25, 0.3) is 22.8 Å². The third-order valence-corrected chi connectivity index (χ3v) is 3.21. The van der Waals surface area contributed by atoms with E-state index in [4.69, 9.17) is 15.9 Å². The maximum atomic E-state index is 13.9. The summed E-state index contributed by atoms with van der Waals surface area (Å²) in [7, 11) is 0.